The number of pyridine rings is 1. The van der Waals surface area contributed by atoms with E-state index in [1.165, 1.54) is 6.07 Å². The van der Waals surface area contributed by atoms with Gasteiger partial charge in [0.2, 0.25) is 5.95 Å². The highest BCUT2D eigenvalue weighted by molar-refractivity contribution is 9.10. The molecule has 0 fully saturated rings. The summed E-state index contributed by atoms with van der Waals surface area (Å²) in [6, 6.07) is 2.99. The fraction of sp³-hybridized carbons (Fsp3) is 0.167. The minimum atomic E-state index is -0.505. The van der Waals surface area contributed by atoms with Gasteiger partial charge in [-0.3, -0.25) is 0 Å². The summed E-state index contributed by atoms with van der Waals surface area (Å²) in [7, 11) is 0. The van der Waals surface area contributed by atoms with E-state index in [1.807, 2.05) is 0 Å². The highest BCUT2D eigenvalue weighted by Crippen LogP contribution is 2.09. The van der Waals surface area contributed by atoms with Gasteiger partial charge < -0.3 is 5.73 Å². The average Bonchev–Trinajstić information content (AvgIpc) is 1.85. The third-order valence-corrected chi connectivity index (χ3v) is 1.46. The SMILES string of the molecule is NCc1cc(F)nc(Br)c1. The van der Waals surface area contributed by atoms with E-state index in [9.17, 15) is 4.39 Å². The van der Waals surface area contributed by atoms with Gasteiger partial charge in [0, 0.05) is 6.54 Å². The highest BCUT2D eigenvalue weighted by Gasteiger charge is 1.96. The monoisotopic (exact) mass is 204 g/mol. The molecule has 1 aromatic rings. The van der Waals surface area contributed by atoms with Crippen LogP contribution in [-0.2, 0) is 6.54 Å². The predicted octanol–water partition coefficient (Wildman–Crippen LogP) is 1.44. The number of nitrogens with two attached hydrogens (primary N) is 1. The van der Waals surface area contributed by atoms with Gasteiger partial charge >= 0.3 is 0 Å². The van der Waals surface area contributed by atoms with Crippen molar-refractivity contribution in [1.82, 2.24) is 4.98 Å². The van der Waals surface area contributed by atoms with E-state index in [4.69, 9.17) is 5.73 Å². The zero-order chi connectivity index (χ0) is 7.56. The van der Waals surface area contributed by atoms with Crippen LogP contribution < -0.4 is 5.73 Å². The van der Waals surface area contributed by atoms with Crippen LogP contribution in [-0.4, -0.2) is 4.98 Å². The zero-order valence-electron chi connectivity index (χ0n) is 5.14. The summed E-state index contributed by atoms with van der Waals surface area (Å²) in [5.41, 5.74) is 6.01. The molecule has 10 heavy (non-hydrogen) atoms. The van der Waals surface area contributed by atoms with Gasteiger partial charge in [-0.05, 0) is 33.6 Å². The Labute approximate surface area is 66.4 Å². The molecule has 0 saturated heterocycles. The molecule has 0 radical (unpaired) electrons. The fourth-order valence-corrected chi connectivity index (χ4v) is 1.10. The lowest BCUT2D eigenvalue weighted by atomic mass is 10.3. The maximum absolute atomic E-state index is 12.4. The normalized spacial score (nSPS) is 9.90. The van der Waals surface area contributed by atoms with Gasteiger partial charge in [0.25, 0.3) is 0 Å². The second kappa shape index (κ2) is 3.07. The summed E-state index contributed by atoms with van der Waals surface area (Å²) in [6.45, 7) is 0.331. The fourth-order valence-electron chi connectivity index (χ4n) is 0.632. The number of rotatable bonds is 1. The lowest BCUT2D eigenvalue weighted by Gasteiger charge is -1.95. The summed E-state index contributed by atoms with van der Waals surface area (Å²) >= 11 is 3.05. The van der Waals surface area contributed by atoms with Crippen LogP contribution in [0.15, 0.2) is 16.7 Å². The van der Waals surface area contributed by atoms with Crippen molar-refractivity contribution >= 4 is 15.9 Å². The largest absolute Gasteiger partial charge is 0.326 e. The Morgan fingerprint density at radius 2 is 2.30 bits per heavy atom. The molecule has 54 valence electrons. The number of hydrogen-bond acceptors (Lipinski definition) is 2. The number of hydrogen-bond donors (Lipinski definition) is 1. The lowest BCUT2D eigenvalue weighted by molar-refractivity contribution is 0.578. The van der Waals surface area contributed by atoms with Gasteiger partial charge in [0.1, 0.15) is 4.60 Å². The molecule has 0 unspecified atom stereocenters. The summed E-state index contributed by atoms with van der Waals surface area (Å²) in [6.07, 6.45) is 0. The number of aromatic nitrogens is 1. The van der Waals surface area contributed by atoms with Crippen molar-refractivity contribution in [2.24, 2.45) is 5.73 Å². The van der Waals surface area contributed by atoms with Crippen molar-refractivity contribution < 1.29 is 4.39 Å². The molecule has 1 heterocycles. The molecule has 1 rings (SSSR count). The highest BCUT2D eigenvalue weighted by atomic mass is 79.9. The van der Waals surface area contributed by atoms with E-state index in [2.05, 4.69) is 20.9 Å². The first-order valence-electron chi connectivity index (χ1n) is 2.74. The molecule has 0 saturated carbocycles. The Bertz CT molecular complexity index is 219. The van der Waals surface area contributed by atoms with E-state index >= 15 is 0 Å². The molecule has 0 amide bonds. The van der Waals surface area contributed by atoms with Crippen molar-refractivity contribution in [3.63, 3.8) is 0 Å². The quantitative estimate of drug-likeness (QED) is 0.704. The molecule has 0 atom stereocenters. The Kier molecular flexibility index (Phi) is 2.34. The van der Waals surface area contributed by atoms with Crippen molar-refractivity contribution in [2.75, 3.05) is 0 Å². The second-order valence-electron chi connectivity index (χ2n) is 1.82. The third kappa shape index (κ3) is 1.75. The van der Waals surface area contributed by atoms with Crippen molar-refractivity contribution in [1.29, 1.82) is 0 Å². The maximum Gasteiger partial charge on any atom is 0.214 e. The molecule has 0 aliphatic carbocycles. The van der Waals surface area contributed by atoms with E-state index in [0.717, 1.165) is 5.56 Å². The van der Waals surface area contributed by atoms with Gasteiger partial charge in [-0.25, -0.2) is 4.98 Å². The Hall–Kier alpha value is -0.480. The molecule has 0 spiro atoms. The molecule has 1 aromatic heterocycles. The molecular formula is C6H6BrFN2. The van der Waals surface area contributed by atoms with Gasteiger partial charge in [0.05, 0.1) is 0 Å². The molecule has 0 aliphatic rings. The number of halogens is 2. The van der Waals surface area contributed by atoms with Crippen LogP contribution in [0.25, 0.3) is 0 Å². The minimum absolute atomic E-state index is 0.331. The van der Waals surface area contributed by atoms with Crippen LogP contribution >= 0.6 is 15.9 Å². The molecule has 0 bridgehead atoms. The Morgan fingerprint density at radius 1 is 1.60 bits per heavy atom. The van der Waals surface area contributed by atoms with Gasteiger partial charge in [-0.1, -0.05) is 0 Å². The van der Waals surface area contributed by atoms with E-state index < -0.39 is 5.95 Å². The van der Waals surface area contributed by atoms with Crippen LogP contribution in [0.4, 0.5) is 4.39 Å². The molecule has 2 N–H and O–H groups in total. The maximum atomic E-state index is 12.4. The summed E-state index contributed by atoms with van der Waals surface area (Å²) in [5.74, 6) is -0.505. The lowest BCUT2D eigenvalue weighted by Crippen LogP contribution is -1.98. The molecule has 2 nitrogen and oxygen atoms in total. The first-order chi connectivity index (χ1) is 4.72. The Balaban J connectivity index is 3.06. The molecule has 0 aliphatic heterocycles. The first kappa shape index (κ1) is 7.63. The summed E-state index contributed by atoms with van der Waals surface area (Å²) in [4.78, 5) is 3.48. The zero-order valence-corrected chi connectivity index (χ0v) is 6.73. The van der Waals surface area contributed by atoms with Crippen molar-refractivity contribution in [2.45, 2.75) is 6.54 Å². The number of nitrogens with zero attached hydrogens (tertiary/aromatic N) is 1. The van der Waals surface area contributed by atoms with Crippen molar-refractivity contribution in [3.8, 4) is 0 Å². The van der Waals surface area contributed by atoms with E-state index in [1.54, 1.807) is 6.07 Å². The second-order valence-corrected chi connectivity index (χ2v) is 2.64. The molecular weight excluding hydrogens is 199 g/mol. The first-order valence-corrected chi connectivity index (χ1v) is 3.53. The Morgan fingerprint density at radius 3 is 2.80 bits per heavy atom. The summed E-state index contributed by atoms with van der Waals surface area (Å²) < 4.78 is 12.9. The van der Waals surface area contributed by atoms with E-state index in [-0.39, 0.29) is 0 Å². The van der Waals surface area contributed by atoms with Crippen LogP contribution in [0.1, 0.15) is 5.56 Å². The molecule has 0 aromatic carbocycles. The smallest absolute Gasteiger partial charge is 0.214 e. The van der Waals surface area contributed by atoms with Crippen LogP contribution in [0.2, 0.25) is 0 Å². The van der Waals surface area contributed by atoms with Crippen molar-refractivity contribution in [3.05, 3.63) is 28.2 Å². The van der Waals surface area contributed by atoms with E-state index in [0.29, 0.717) is 11.1 Å². The minimum Gasteiger partial charge on any atom is -0.326 e. The topological polar surface area (TPSA) is 38.9 Å². The van der Waals surface area contributed by atoms with Crippen LogP contribution in [0.3, 0.4) is 0 Å². The standard InChI is InChI=1S/C6H6BrFN2/c7-5-1-4(3-9)2-6(8)10-5/h1-2H,3,9H2. The average molecular weight is 205 g/mol. The van der Waals surface area contributed by atoms with Gasteiger partial charge in [-0.15, -0.1) is 0 Å². The van der Waals surface area contributed by atoms with Crippen LogP contribution in [0, 0.1) is 5.95 Å². The summed E-state index contributed by atoms with van der Waals surface area (Å²) in [5, 5.41) is 0. The van der Waals surface area contributed by atoms with Gasteiger partial charge in [0.15, 0.2) is 0 Å². The van der Waals surface area contributed by atoms with Gasteiger partial charge in [-0.2, -0.15) is 4.39 Å². The predicted molar refractivity (Wildman–Crippen MR) is 39.8 cm³/mol. The molecule has 4 heteroatoms. The van der Waals surface area contributed by atoms with Crippen LogP contribution in [0.5, 0.6) is 0 Å². The third-order valence-electron chi connectivity index (χ3n) is 1.06.